The van der Waals surface area contributed by atoms with Crippen molar-refractivity contribution in [3.8, 4) is 0 Å². The lowest BCUT2D eigenvalue weighted by atomic mass is 9.84. The van der Waals surface area contributed by atoms with Gasteiger partial charge in [-0.3, -0.25) is 4.79 Å². The molecular weight excluding hydrogens is 188 g/mol. The predicted molar refractivity (Wildman–Crippen MR) is 60.6 cm³/mol. The number of carbonyl (C=O) groups is 1. The number of carbonyl (C=O) groups excluding carboxylic acids is 1. The Morgan fingerprint density at radius 2 is 2.20 bits per heavy atom. The van der Waals surface area contributed by atoms with Crippen LogP contribution in [0.1, 0.15) is 39.5 Å². The number of rotatable bonds is 1. The van der Waals surface area contributed by atoms with Crippen LogP contribution in [0.5, 0.6) is 0 Å². The maximum atomic E-state index is 12.3. The molecule has 0 aromatic rings. The maximum absolute atomic E-state index is 12.3. The largest absolute Gasteiger partial charge is 0.341 e. The Morgan fingerprint density at radius 1 is 1.47 bits per heavy atom. The third kappa shape index (κ3) is 1.67. The molecule has 86 valence electrons. The van der Waals surface area contributed by atoms with E-state index in [-0.39, 0.29) is 5.54 Å². The smallest absolute Gasteiger partial charge is 0.242 e. The van der Waals surface area contributed by atoms with Crippen molar-refractivity contribution in [3.05, 3.63) is 0 Å². The van der Waals surface area contributed by atoms with Crippen LogP contribution in [0.2, 0.25) is 0 Å². The first-order chi connectivity index (χ1) is 7.07. The molecule has 2 atom stereocenters. The molecular formula is C12H22N2O. The molecule has 0 aliphatic carbocycles. The highest BCUT2D eigenvalue weighted by Gasteiger charge is 2.50. The number of likely N-dealkylation sites (N-methyl/N-ethyl adjacent to an activating group) is 1. The van der Waals surface area contributed by atoms with E-state index in [1.54, 1.807) is 0 Å². The Labute approximate surface area is 92.2 Å². The van der Waals surface area contributed by atoms with Crippen molar-refractivity contribution < 1.29 is 4.79 Å². The van der Waals surface area contributed by atoms with E-state index in [4.69, 9.17) is 0 Å². The van der Waals surface area contributed by atoms with Crippen LogP contribution in [0.25, 0.3) is 0 Å². The molecule has 2 rings (SSSR count). The highest BCUT2D eigenvalue weighted by molar-refractivity contribution is 5.89. The van der Waals surface area contributed by atoms with Crippen molar-refractivity contribution in [2.24, 2.45) is 5.92 Å². The van der Waals surface area contributed by atoms with Crippen molar-refractivity contribution in [2.75, 3.05) is 13.6 Å². The molecule has 2 saturated heterocycles. The Bertz CT molecular complexity index is 256. The molecule has 2 unspecified atom stereocenters. The van der Waals surface area contributed by atoms with Gasteiger partial charge in [0.15, 0.2) is 0 Å². The number of hydrogen-bond acceptors (Lipinski definition) is 2. The van der Waals surface area contributed by atoms with Crippen molar-refractivity contribution in [2.45, 2.75) is 51.1 Å². The SMILES string of the molecule is CC(C)C1CC2(CCCCN2)C(=O)N1C. The summed E-state index contributed by atoms with van der Waals surface area (Å²) < 4.78 is 0. The van der Waals surface area contributed by atoms with Crippen LogP contribution < -0.4 is 5.32 Å². The summed E-state index contributed by atoms with van der Waals surface area (Å²) in [7, 11) is 1.96. The monoisotopic (exact) mass is 210 g/mol. The average molecular weight is 210 g/mol. The minimum absolute atomic E-state index is 0.206. The maximum Gasteiger partial charge on any atom is 0.242 e. The molecule has 0 saturated carbocycles. The molecule has 2 aliphatic rings. The molecule has 1 amide bonds. The Kier molecular flexibility index (Phi) is 2.75. The number of piperidine rings is 1. The Balaban J connectivity index is 2.18. The second kappa shape index (κ2) is 3.78. The van der Waals surface area contributed by atoms with Gasteiger partial charge in [0.05, 0.1) is 0 Å². The van der Waals surface area contributed by atoms with E-state index in [0.29, 0.717) is 17.9 Å². The standard InChI is InChI=1S/C12H22N2O/c1-9(2)10-8-12(11(15)14(10)3)6-4-5-7-13-12/h9-10,13H,4-8H2,1-3H3. The summed E-state index contributed by atoms with van der Waals surface area (Å²) in [5, 5.41) is 3.47. The molecule has 1 spiro atoms. The van der Waals surface area contributed by atoms with Crippen LogP contribution in [-0.4, -0.2) is 36.0 Å². The van der Waals surface area contributed by atoms with E-state index in [9.17, 15) is 4.79 Å². The van der Waals surface area contributed by atoms with E-state index in [1.165, 1.54) is 12.8 Å². The number of nitrogens with one attached hydrogen (secondary N) is 1. The molecule has 2 fully saturated rings. The zero-order chi connectivity index (χ0) is 11.1. The quantitative estimate of drug-likeness (QED) is 0.709. The third-order valence-electron chi connectivity index (χ3n) is 4.05. The van der Waals surface area contributed by atoms with E-state index in [1.807, 2.05) is 11.9 Å². The van der Waals surface area contributed by atoms with Crippen LogP contribution in [-0.2, 0) is 4.79 Å². The van der Waals surface area contributed by atoms with Gasteiger partial charge in [-0.05, 0) is 38.1 Å². The van der Waals surface area contributed by atoms with Crippen molar-refractivity contribution >= 4 is 5.91 Å². The Morgan fingerprint density at radius 3 is 2.67 bits per heavy atom. The molecule has 0 aromatic carbocycles. The third-order valence-corrected chi connectivity index (χ3v) is 4.05. The van der Waals surface area contributed by atoms with Crippen LogP contribution >= 0.6 is 0 Å². The van der Waals surface area contributed by atoms with E-state index >= 15 is 0 Å². The molecule has 0 radical (unpaired) electrons. The van der Waals surface area contributed by atoms with Crippen LogP contribution in [0.15, 0.2) is 0 Å². The fraction of sp³-hybridized carbons (Fsp3) is 0.917. The minimum atomic E-state index is -0.206. The molecule has 0 aromatic heterocycles. The number of hydrogen-bond donors (Lipinski definition) is 1. The van der Waals surface area contributed by atoms with Gasteiger partial charge in [0.2, 0.25) is 5.91 Å². The van der Waals surface area contributed by atoms with Gasteiger partial charge < -0.3 is 10.2 Å². The summed E-state index contributed by atoms with van der Waals surface area (Å²) >= 11 is 0. The van der Waals surface area contributed by atoms with Gasteiger partial charge in [-0.25, -0.2) is 0 Å². The summed E-state index contributed by atoms with van der Waals surface area (Å²) in [5.74, 6) is 0.878. The topological polar surface area (TPSA) is 32.3 Å². The zero-order valence-corrected chi connectivity index (χ0v) is 10.0. The highest BCUT2D eigenvalue weighted by Crippen LogP contribution is 2.36. The van der Waals surface area contributed by atoms with Gasteiger partial charge in [0.1, 0.15) is 5.54 Å². The molecule has 1 N–H and O–H groups in total. The molecule has 15 heavy (non-hydrogen) atoms. The Hall–Kier alpha value is -0.570. The van der Waals surface area contributed by atoms with Gasteiger partial charge in [-0.2, -0.15) is 0 Å². The van der Waals surface area contributed by atoms with Gasteiger partial charge in [0.25, 0.3) is 0 Å². The van der Waals surface area contributed by atoms with Crippen molar-refractivity contribution in [1.82, 2.24) is 10.2 Å². The molecule has 2 heterocycles. The average Bonchev–Trinajstić information content (AvgIpc) is 2.46. The lowest BCUT2D eigenvalue weighted by Crippen LogP contribution is -2.53. The first-order valence-corrected chi connectivity index (χ1v) is 6.09. The van der Waals surface area contributed by atoms with Crippen LogP contribution in [0, 0.1) is 5.92 Å². The van der Waals surface area contributed by atoms with Crippen molar-refractivity contribution in [1.29, 1.82) is 0 Å². The second-order valence-corrected chi connectivity index (χ2v) is 5.40. The van der Waals surface area contributed by atoms with Gasteiger partial charge in [-0.1, -0.05) is 13.8 Å². The fourth-order valence-corrected chi connectivity index (χ4v) is 3.08. The summed E-state index contributed by atoms with van der Waals surface area (Å²) in [6.07, 6.45) is 4.43. The zero-order valence-electron chi connectivity index (χ0n) is 10.0. The molecule has 0 bridgehead atoms. The lowest BCUT2D eigenvalue weighted by molar-refractivity contribution is -0.133. The lowest BCUT2D eigenvalue weighted by Gasteiger charge is -2.32. The second-order valence-electron chi connectivity index (χ2n) is 5.40. The first kappa shape index (κ1) is 10.9. The number of likely N-dealkylation sites (tertiary alicyclic amines) is 1. The summed E-state index contributed by atoms with van der Waals surface area (Å²) in [4.78, 5) is 14.2. The molecule has 2 aliphatic heterocycles. The van der Waals surface area contributed by atoms with Gasteiger partial charge in [0, 0.05) is 13.1 Å². The van der Waals surface area contributed by atoms with Crippen LogP contribution in [0.4, 0.5) is 0 Å². The van der Waals surface area contributed by atoms with Crippen LogP contribution in [0.3, 0.4) is 0 Å². The minimum Gasteiger partial charge on any atom is -0.341 e. The predicted octanol–water partition coefficient (Wildman–Crippen LogP) is 1.39. The van der Waals surface area contributed by atoms with Gasteiger partial charge in [-0.15, -0.1) is 0 Å². The first-order valence-electron chi connectivity index (χ1n) is 6.09. The fourth-order valence-electron chi connectivity index (χ4n) is 3.08. The number of amides is 1. The number of nitrogens with zero attached hydrogens (tertiary/aromatic N) is 1. The van der Waals surface area contributed by atoms with E-state index in [2.05, 4.69) is 19.2 Å². The van der Waals surface area contributed by atoms with Crippen molar-refractivity contribution in [3.63, 3.8) is 0 Å². The normalized spacial score (nSPS) is 36.9. The summed E-state index contributed by atoms with van der Waals surface area (Å²) in [5.41, 5.74) is -0.206. The summed E-state index contributed by atoms with van der Waals surface area (Å²) in [6.45, 7) is 5.41. The van der Waals surface area contributed by atoms with E-state index < -0.39 is 0 Å². The summed E-state index contributed by atoms with van der Waals surface area (Å²) in [6, 6.07) is 0.420. The highest BCUT2D eigenvalue weighted by atomic mass is 16.2. The van der Waals surface area contributed by atoms with E-state index in [0.717, 1.165) is 19.4 Å². The molecule has 3 heteroatoms. The molecule has 3 nitrogen and oxygen atoms in total. The van der Waals surface area contributed by atoms with Gasteiger partial charge >= 0.3 is 0 Å².